The van der Waals surface area contributed by atoms with E-state index in [1.165, 1.54) is 16.9 Å². The molecular weight excluding hydrogens is 428 g/mol. The SMILES string of the molecule is CCOc1ccc(COc2ccc(NC(=O)CCn3ccc([N+](=O)[O-])n3)cc2)cc1OCC. The molecule has 1 aromatic heterocycles. The van der Waals surface area contributed by atoms with E-state index in [2.05, 4.69) is 10.4 Å². The Kier molecular flexibility index (Phi) is 8.23. The predicted octanol–water partition coefficient (Wildman–Crippen LogP) is 4.20. The molecule has 0 fully saturated rings. The van der Waals surface area contributed by atoms with Gasteiger partial charge in [0.05, 0.1) is 37.1 Å². The highest BCUT2D eigenvalue weighted by Crippen LogP contribution is 2.29. The fourth-order valence-corrected chi connectivity index (χ4v) is 3.00. The molecule has 1 amide bonds. The molecule has 174 valence electrons. The van der Waals surface area contributed by atoms with Gasteiger partial charge in [0, 0.05) is 12.1 Å². The maximum Gasteiger partial charge on any atom is 0.389 e. The van der Waals surface area contributed by atoms with Gasteiger partial charge in [0.25, 0.3) is 0 Å². The van der Waals surface area contributed by atoms with Gasteiger partial charge in [-0.25, -0.2) is 0 Å². The van der Waals surface area contributed by atoms with Crippen molar-refractivity contribution in [2.75, 3.05) is 18.5 Å². The summed E-state index contributed by atoms with van der Waals surface area (Å²) in [5.74, 6) is 1.57. The zero-order valence-electron chi connectivity index (χ0n) is 18.5. The molecule has 10 nitrogen and oxygen atoms in total. The lowest BCUT2D eigenvalue weighted by molar-refractivity contribution is -0.389. The van der Waals surface area contributed by atoms with Gasteiger partial charge in [-0.2, -0.15) is 4.68 Å². The summed E-state index contributed by atoms with van der Waals surface area (Å²) in [4.78, 5) is 22.2. The van der Waals surface area contributed by atoms with E-state index in [0.717, 1.165) is 5.56 Å². The first-order valence-electron chi connectivity index (χ1n) is 10.6. The number of nitro groups is 1. The Hall–Kier alpha value is -4.08. The van der Waals surface area contributed by atoms with E-state index in [0.29, 0.717) is 42.8 Å². The van der Waals surface area contributed by atoms with Crippen molar-refractivity contribution in [1.29, 1.82) is 0 Å². The van der Waals surface area contributed by atoms with Crippen LogP contribution in [0.3, 0.4) is 0 Å². The highest BCUT2D eigenvalue weighted by molar-refractivity contribution is 5.90. The molecule has 3 rings (SSSR count). The van der Waals surface area contributed by atoms with E-state index in [-0.39, 0.29) is 24.7 Å². The van der Waals surface area contributed by atoms with Crippen molar-refractivity contribution < 1.29 is 23.9 Å². The number of hydrogen-bond donors (Lipinski definition) is 1. The van der Waals surface area contributed by atoms with Gasteiger partial charge in [0.2, 0.25) is 5.91 Å². The molecule has 0 atom stereocenters. The lowest BCUT2D eigenvalue weighted by Gasteiger charge is -2.13. The number of rotatable bonds is 12. The third kappa shape index (κ3) is 6.96. The van der Waals surface area contributed by atoms with E-state index in [9.17, 15) is 14.9 Å². The second-order valence-electron chi connectivity index (χ2n) is 6.95. The smallest absolute Gasteiger partial charge is 0.389 e. The lowest BCUT2D eigenvalue weighted by atomic mass is 10.2. The van der Waals surface area contributed by atoms with E-state index >= 15 is 0 Å². The summed E-state index contributed by atoms with van der Waals surface area (Å²) in [5.41, 5.74) is 1.57. The average Bonchev–Trinajstić information content (AvgIpc) is 3.29. The summed E-state index contributed by atoms with van der Waals surface area (Å²) in [6.45, 7) is 5.54. The molecule has 0 radical (unpaired) electrons. The number of nitrogens with one attached hydrogen (secondary N) is 1. The quantitative estimate of drug-likeness (QED) is 0.322. The van der Waals surface area contributed by atoms with E-state index in [1.54, 1.807) is 24.3 Å². The molecule has 0 saturated carbocycles. The van der Waals surface area contributed by atoms with Crippen molar-refractivity contribution in [3.8, 4) is 17.2 Å². The molecule has 3 aromatic rings. The van der Waals surface area contributed by atoms with Gasteiger partial charge in [-0.05, 0) is 60.7 Å². The normalized spacial score (nSPS) is 10.5. The Labute approximate surface area is 191 Å². The van der Waals surface area contributed by atoms with Gasteiger partial charge >= 0.3 is 5.82 Å². The Morgan fingerprint density at radius 3 is 2.42 bits per heavy atom. The maximum atomic E-state index is 12.1. The number of carbonyl (C=O) groups is 1. The van der Waals surface area contributed by atoms with Gasteiger partial charge in [0.15, 0.2) is 11.5 Å². The number of hydrogen-bond acceptors (Lipinski definition) is 7. The van der Waals surface area contributed by atoms with Crippen molar-refractivity contribution in [1.82, 2.24) is 9.78 Å². The molecule has 1 N–H and O–H groups in total. The first-order chi connectivity index (χ1) is 16.0. The van der Waals surface area contributed by atoms with Crippen LogP contribution in [0.5, 0.6) is 17.2 Å². The number of aromatic nitrogens is 2. The van der Waals surface area contributed by atoms with Crippen LogP contribution in [-0.4, -0.2) is 33.8 Å². The van der Waals surface area contributed by atoms with Gasteiger partial charge < -0.3 is 29.6 Å². The molecule has 1 heterocycles. The summed E-state index contributed by atoms with van der Waals surface area (Å²) in [7, 11) is 0. The first kappa shape index (κ1) is 23.6. The number of aryl methyl sites for hydroxylation is 1. The molecule has 0 aliphatic carbocycles. The fraction of sp³-hybridized carbons (Fsp3) is 0.304. The van der Waals surface area contributed by atoms with Gasteiger partial charge in [-0.3, -0.25) is 4.79 Å². The number of anilines is 1. The molecule has 2 aromatic carbocycles. The Morgan fingerprint density at radius 2 is 1.76 bits per heavy atom. The minimum Gasteiger partial charge on any atom is -0.490 e. The Morgan fingerprint density at radius 1 is 1.03 bits per heavy atom. The number of amides is 1. The maximum absolute atomic E-state index is 12.1. The standard InChI is InChI=1S/C23H26N4O6/c1-3-31-20-10-5-17(15-21(20)32-4-2)16-33-19-8-6-18(7-9-19)24-23(28)12-14-26-13-11-22(25-26)27(29)30/h5-11,13,15H,3-4,12,14,16H2,1-2H3,(H,24,28). The van der Waals surface area contributed by atoms with Crippen molar-refractivity contribution >= 4 is 17.4 Å². The number of ether oxygens (including phenoxy) is 3. The fourth-order valence-electron chi connectivity index (χ4n) is 3.00. The average molecular weight is 454 g/mol. The third-order valence-electron chi connectivity index (χ3n) is 4.53. The predicted molar refractivity (Wildman–Crippen MR) is 122 cm³/mol. The number of benzene rings is 2. The second kappa shape index (κ2) is 11.5. The highest BCUT2D eigenvalue weighted by Gasteiger charge is 2.12. The molecule has 0 aliphatic heterocycles. The summed E-state index contributed by atoms with van der Waals surface area (Å²) >= 11 is 0. The Balaban J connectivity index is 1.49. The van der Waals surface area contributed by atoms with Crippen molar-refractivity contribution in [3.63, 3.8) is 0 Å². The van der Waals surface area contributed by atoms with Crippen molar-refractivity contribution in [2.24, 2.45) is 0 Å². The summed E-state index contributed by atoms with van der Waals surface area (Å²) in [6, 6.07) is 14.0. The summed E-state index contributed by atoms with van der Waals surface area (Å²) in [6.07, 6.45) is 1.61. The zero-order valence-corrected chi connectivity index (χ0v) is 18.5. The largest absolute Gasteiger partial charge is 0.490 e. The van der Waals surface area contributed by atoms with Crippen molar-refractivity contribution in [3.05, 3.63) is 70.4 Å². The van der Waals surface area contributed by atoms with Crippen LogP contribution in [0.2, 0.25) is 0 Å². The van der Waals surface area contributed by atoms with E-state index in [4.69, 9.17) is 14.2 Å². The molecular formula is C23H26N4O6. The van der Waals surface area contributed by atoms with Crippen LogP contribution >= 0.6 is 0 Å². The summed E-state index contributed by atoms with van der Waals surface area (Å²) < 4.78 is 18.4. The Bertz CT molecular complexity index is 1080. The molecule has 0 bridgehead atoms. The van der Waals surface area contributed by atoms with Crippen LogP contribution in [-0.2, 0) is 17.9 Å². The number of carbonyl (C=O) groups excluding carboxylic acids is 1. The molecule has 0 saturated heterocycles. The number of nitrogens with zero attached hydrogens (tertiary/aromatic N) is 3. The minimum atomic E-state index is -0.575. The molecule has 0 spiro atoms. The monoisotopic (exact) mass is 454 g/mol. The van der Waals surface area contributed by atoms with Crippen LogP contribution in [0, 0.1) is 10.1 Å². The van der Waals surface area contributed by atoms with Gasteiger partial charge in [-0.1, -0.05) is 6.07 Å². The first-order valence-corrected chi connectivity index (χ1v) is 10.6. The van der Waals surface area contributed by atoms with Crippen molar-refractivity contribution in [2.45, 2.75) is 33.4 Å². The zero-order chi connectivity index (χ0) is 23.6. The lowest BCUT2D eigenvalue weighted by Crippen LogP contribution is -2.14. The van der Waals surface area contributed by atoms with Crippen LogP contribution in [0.25, 0.3) is 0 Å². The highest BCUT2D eigenvalue weighted by atomic mass is 16.6. The minimum absolute atomic E-state index is 0.136. The molecule has 10 heteroatoms. The molecule has 33 heavy (non-hydrogen) atoms. The van der Waals surface area contributed by atoms with E-state index < -0.39 is 4.92 Å². The third-order valence-corrected chi connectivity index (χ3v) is 4.53. The molecule has 0 aliphatic rings. The van der Waals surface area contributed by atoms with Gasteiger partial charge in [-0.15, -0.1) is 0 Å². The van der Waals surface area contributed by atoms with Crippen LogP contribution < -0.4 is 19.5 Å². The topological polar surface area (TPSA) is 118 Å². The van der Waals surface area contributed by atoms with Crippen LogP contribution in [0.1, 0.15) is 25.8 Å². The van der Waals surface area contributed by atoms with E-state index in [1.807, 2.05) is 32.0 Å². The van der Waals surface area contributed by atoms with Gasteiger partial charge in [0.1, 0.15) is 12.4 Å². The summed E-state index contributed by atoms with van der Waals surface area (Å²) in [5, 5.41) is 17.2. The molecule has 0 unspecified atom stereocenters. The second-order valence-corrected chi connectivity index (χ2v) is 6.95. The van der Waals surface area contributed by atoms with Crippen LogP contribution in [0.15, 0.2) is 54.7 Å². The van der Waals surface area contributed by atoms with Crippen LogP contribution in [0.4, 0.5) is 11.5 Å².